The van der Waals surface area contributed by atoms with Gasteiger partial charge in [-0.05, 0) is 32.2 Å². The van der Waals surface area contributed by atoms with Crippen LogP contribution < -0.4 is 10.6 Å². The number of nitrogens with zero attached hydrogens (tertiary/aromatic N) is 3. The SMILES string of the molecule is CCc1nnc(NC(=O)[C@H]2CCCN2)nc1CC. The molecule has 1 amide bonds. The first kappa shape index (κ1) is 12.9. The molecule has 2 N–H and O–H groups in total. The van der Waals surface area contributed by atoms with Crippen molar-refractivity contribution in [2.75, 3.05) is 11.9 Å². The Labute approximate surface area is 107 Å². The molecule has 0 aliphatic carbocycles. The first-order valence-corrected chi connectivity index (χ1v) is 6.51. The Bertz CT molecular complexity index is 428. The van der Waals surface area contributed by atoms with Gasteiger partial charge in [-0.1, -0.05) is 13.8 Å². The molecule has 6 heteroatoms. The largest absolute Gasteiger partial charge is 0.306 e. The van der Waals surface area contributed by atoms with Crippen molar-refractivity contribution in [3.05, 3.63) is 11.4 Å². The maximum Gasteiger partial charge on any atom is 0.249 e. The number of amides is 1. The minimum Gasteiger partial charge on any atom is -0.306 e. The lowest BCUT2D eigenvalue weighted by molar-refractivity contribution is -0.117. The summed E-state index contributed by atoms with van der Waals surface area (Å²) in [4.78, 5) is 16.2. The highest BCUT2D eigenvalue weighted by Gasteiger charge is 2.22. The molecular weight excluding hydrogens is 230 g/mol. The summed E-state index contributed by atoms with van der Waals surface area (Å²) < 4.78 is 0. The van der Waals surface area contributed by atoms with Crippen LogP contribution in [0.15, 0.2) is 0 Å². The van der Waals surface area contributed by atoms with Crippen molar-refractivity contribution in [1.82, 2.24) is 20.5 Å². The van der Waals surface area contributed by atoms with Gasteiger partial charge in [-0.15, -0.1) is 10.2 Å². The molecule has 0 radical (unpaired) electrons. The first-order valence-electron chi connectivity index (χ1n) is 6.51. The predicted molar refractivity (Wildman–Crippen MR) is 68.2 cm³/mol. The fraction of sp³-hybridized carbons (Fsp3) is 0.667. The Hall–Kier alpha value is -1.56. The van der Waals surface area contributed by atoms with Crippen LogP contribution in [0.3, 0.4) is 0 Å². The van der Waals surface area contributed by atoms with E-state index in [9.17, 15) is 4.79 Å². The van der Waals surface area contributed by atoms with Gasteiger partial charge in [0.05, 0.1) is 17.4 Å². The second-order valence-electron chi connectivity index (χ2n) is 4.37. The predicted octanol–water partition coefficient (Wildman–Crippen LogP) is 0.687. The molecule has 1 atom stereocenters. The van der Waals surface area contributed by atoms with Gasteiger partial charge in [0, 0.05) is 0 Å². The van der Waals surface area contributed by atoms with E-state index >= 15 is 0 Å². The van der Waals surface area contributed by atoms with Crippen LogP contribution in [0.25, 0.3) is 0 Å². The lowest BCUT2D eigenvalue weighted by atomic mass is 10.2. The number of rotatable bonds is 4. The summed E-state index contributed by atoms with van der Waals surface area (Å²) in [6.45, 7) is 4.94. The van der Waals surface area contributed by atoms with E-state index in [1.54, 1.807) is 0 Å². The van der Waals surface area contributed by atoms with Crippen LogP contribution in [0.4, 0.5) is 5.95 Å². The molecule has 0 unspecified atom stereocenters. The summed E-state index contributed by atoms with van der Waals surface area (Å²) in [5.74, 6) is 0.239. The van der Waals surface area contributed by atoms with E-state index in [1.165, 1.54) is 0 Å². The van der Waals surface area contributed by atoms with E-state index in [1.807, 2.05) is 13.8 Å². The minimum atomic E-state index is -0.121. The number of aromatic nitrogens is 3. The van der Waals surface area contributed by atoms with E-state index in [-0.39, 0.29) is 11.9 Å². The Morgan fingerprint density at radius 2 is 2.11 bits per heavy atom. The van der Waals surface area contributed by atoms with Gasteiger partial charge in [0.1, 0.15) is 0 Å². The van der Waals surface area contributed by atoms with Crippen LogP contribution in [0, 0.1) is 0 Å². The summed E-state index contributed by atoms with van der Waals surface area (Å²) >= 11 is 0. The summed E-state index contributed by atoms with van der Waals surface area (Å²) in [6, 6.07) is -0.121. The smallest absolute Gasteiger partial charge is 0.249 e. The number of hydrogen-bond donors (Lipinski definition) is 2. The topological polar surface area (TPSA) is 79.8 Å². The van der Waals surface area contributed by atoms with Crippen LogP contribution >= 0.6 is 0 Å². The number of anilines is 1. The zero-order valence-electron chi connectivity index (χ0n) is 10.9. The van der Waals surface area contributed by atoms with Crippen LogP contribution in [0.5, 0.6) is 0 Å². The molecule has 98 valence electrons. The molecule has 0 bridgehead atoms. The van der Waals surface area contributed by atoms with Gasteiger partial charge in [0.15, 0.2) is 0 Å². The summed E-state index contributed by atoms with van der Waals surface area (Å²) in [5, 5.41) is 13.9. The van der Waals surface area contributed by atoms with E-state index in [0.29, 0.717) is 5.95 Å². The normalized spacial score (nSPS) is 18.9. The van der Waals surface area contributed by atoms with Gasteiger partial charge in [-0.25, -0.2) is 4.98 Å². The highest BCUT2D eigenvalue weighted by Crippen LogP contribution is 2.09. The fourth-order valence-corrected chi connectivity index (χ4v) is 2.10. The van der Waals surface area contributed by atoms with Crippen molar-refractivity contribution in [3.63, 3.8) is 0 Å². The van der Waals surface area contributed by atoms with Gasteiger partial charge in [0.25, 0.3) is 0 Å². The Balaban J connectivity index is 2.06. The van der Waals surface area contributed by atoms with Gasteiger partial charge in [0.2, 0.25) is 11.9 Å². The summed E-state index contributed by atoms with van der Waals surface area (Å²) in [5.41, 5.74) is 1.80. The van der Waals surface area contributed by atoms with Crippen molar-refractivity contribution in [2.24, 2.45) is 0 Å². The van der Waals surface area contributed by atoms with E-state index in [0.717, 1.165) is 43.6 Å². The third kappa shape index (κ3) is 2.81. The molecule has 1 aliphatic heterocycles. The van der Waals surface area contributed by atoms with Crippen molar-refractivity contribution in [2.45, 2.75) is 45.6 Å². The van der Waals surface area contributed by atoms with E-state index in [2.05, 4.69) is 25.8 Å². The Kier molecular flexibility index (Phi) is 4.19. The molecule has 1 aromatic heterocycles. The van der Waals surface area contributed by atoms with Crippen molar-refractivity contribution >= 4 is 11.9 Å². The zero-order chi connectivity index (χ0) is 13.0. The number of aryl methyl sites for hydroxylation is 2. The zero-order valence-corrected chi connectivity index (χ0v) is 10.9. The van der Waals surface area contributed by atoms with Crippen molar-refractivity contribution < 1.29 is 4.79 Å². The van der Waals surface area contributed by atoms with Gasteiger partial charge in [-0.3, -0.25) is 10.1 Å². The monoisotopic (exact) mass is 249 g/mol. The highest BCUT2D eigenvalue weighted by molar-refractivity contribution is 5.93. The molecule has 0 saturated carbocycles. The molecule has 2 rings (SSSR count). The van der Waals surface area contributed by atoms with E-state index in [4.69, 9.17) is 0 Å². The lowest BCUT2D eigenvalue weighted by Crippen LogP contribution is -2.36. The third-order valence-electron chi connectivity index (χ3n) is 3.12. The molecular formula is C12H19N5O. The maximum atomic E-state index is 11.9. The van der Waals surface area contributed by atoms with Crippen LogP contribution in [0.2, 0.25) is 0 Å². The molecule has 6 nitrogen and oxygen atoms in total. The number of nitrogens with one attached hydrogen (secondary N) is 2. The molecule has 1 saturated heterocycles. The molecule has 1 fully saturated rings. The van der Waals surface area contributed by atoms with Crippen molar-refractivity contribution in [3.8, 4) is 0 Å². The number of carbonyl (C=O) groups excluding carboxylic acids is 1. The standard InChI is InChI=1S/C12H19N5O/c1-3-8-9(4-2)16-17-12(14-8)15-11(18)10-6-5-7-13-10/h10,13H,3-7H2,1-2H3,(H,14,15,17,18)/t10-/m1/s1. The fourth-order valence-electron chi connectivity index (χ4n) is 2.10. The quantitative estimate of drug-likeness (QED) is 0.820. The van der Waals surface area contributed by atoms with Crippen molar-refractivity contribution in [1.29, 1.82) is 0 Å². The Morgan fingerprint density at radius 3 is 2.72 bits per heavy atom. The van der Waals surface area contributed by atoms with Crippen LogP contribution in [0.1, 0.15) is 38.1 Å². The average molecular weight is 249 g/mol. The van der Waals surface area contributed by atoms with Gasteiger partial charge in [-0.2, -0.15) is 0 Å². The minimum absolute atomic E-state index is 0.0689. The summed E-state index contributed by atoms with van der Waals surface area (Å²) in [7, 11) is 0. The highest BCUT2D eigenvalue weighted by atomic mass is 16.2. The second-order valence-corrected chi connectivity index (χ2v) is 4.37. The molecule has 2 heterocycles. The molecule has 0 aromatic carbocycles. The number of carbonyl (C=O) groups is 1. The maximum absolute atomic E-state index is 11.9. The summed E-state index contributed by atoms with van der Waals surface area (Å²) in [6.07, 6.45) is 3.50. The van der Waals surface area contributed by atoms with Gasteiger partial charge >= 0.3 is 0 Å². The molecule has 1 aromatic rings. The van der Waals surface area contributed by atoms with Crippen LogP contribution in [-0.4, -0.2) is 33.7 Å². The molecule has 18 heavy (non-hydrogen) atoms. The second kappa shape index (κ2) is 5.86. The number of hydrogen-bond acceptors (Lipinski definition) is 5. The third-order valence-corrected chi connectivity index (χ3v) is 3.12. The van der Waals surface area contributed by atoms with E-state index < -0.39 is 0 Å². The molecule has 1 aliphatic rings. The molecule has 0 spiro atoms. The first-order chi connectivity index (χ1) is 8.74. The van der Waals surface area contributed by atoms with Crippen LogP contribution in [-0.2, 0) is 17.6 Å². The average Bonchev–Trinajstić information content (AvgIpc) is 2.92. The van der Waals surface area contributed by atoms with Gasteiger partial charge < -0.3 is 5.32 Å². The lowest BCUT2D eigenvalue weighted by Gasteiger charge is -2.10. The Morgan fingerprint density at radius 1 is 1.33 bits per heavy atom.